The average molecular weight is 248 g/mol. The van der Waals surface area contributed by atoms with Gasteiger partial charge in [0.15, 0.2) is 0 Å². The van der Waals surface area contributed by atoms with E-state index in [0.717, 1.165) is 0 Å². The number of nitrogen functional groups attached to an aromatic ring is 1. The van der Waals surface area contributed by atoms with E-state index in [0.29, 0.717) is 19.1 Å². The highest BCUT2D eigenvalue weighted by Gasteiger charge is 2.08. The van der Waals surface area contributed by atoms with Gasteiger partial charge in [0.2, 0.25) is 17.2 Å². The molecule has 0 aliphatic carbocycles. The second kappa shape index (κ2) is 6.41. The highest BCUT2D eigenvalue weighted by molar-refractivity contribution is 6.28. The highest BCUT2D eigenvalue weighted by atomic mass is 35.5. The summed E-state index contributed by atoms with van der Waals surface area (Å²) in [6.45, 7) is 0.960. The summed E-state index contributed by atoms with van der Waals surface area (Å²) in [4.78, 5) is 11.4. The molecule has 0 fully saturated rings. The van der Waals surface area contributed by atoms with Crippen LogP contribution < -0.4 is 11.1 Å². The Hall–Kier alpha value is -1.18. The molecular formula is C8H14ClN5O2. The average Bonchev–Trinajstić information content (AvgIpc) is 2.23. The summed E-state index contributed by atoms with van der Waals surface area (Å²) in [6, 6.07) is 0. The molecular weight excluding hydrogens is 234 g/mol. The lowest BCUT2D eigenvalue weighted by Gasteiger charge is -2.14. The first kappa shape index (κ1) is 12.9. The smallest absolute Gasteiger partial charge is 0.228 e. The molecule has 3 N–H and O–H groups in total. The van der Waals surface area contributed by atoms with Crippen LogP contribution in [0.15, 0.2) is 0 Å². The van der Waals surface area contributed by atoms with Gasteiger partial charge < -0.3 is 20.5 Å². The van der Waals surface area contributed by atoms with Gasteiger partial charge in [0.1, 0.15) is 0 Å². The van der Waals surface area contributed by atoms with E-state index >= 15 is 0 Å². The van der Waals surface area contributed by atoms with Crippen molar-refractivity contribution < 1.29 is 9.47 Å². The van der Waals surface area contributed by atoms with Gasteiger partial charge >= 0.3 is 0 Å². The molecule has 1 unspecified atom stereocenters. The third-order valence-electron chi connectivity index (χ3n) is 1.80. The Morgan fingerprint density at radius 1 is 1.38 bits per heavy atom. The standard InChI is InChI=1S/C8H14ClN5O2/c1-15-4-5(16-2)3-11-8-13-6(9)12-7(10)14-8/h5H,3-4H2,1-2H3,(H3,10,11,12,13,14). The maximum absolute atomic E-state index is 5.62. The third-order valence-corrected chi connectivity index (χ3v) is 1.97. The SMILES string of the molecule is COCC(CNc1nc(N)nc(Cl)n1)OC. The molecule has 8 heteroatoms. The Kier molecular flexibility index (Phi) is 5.17. The van der Waals surface area contributed by atoms with Crippen molar-refractivity contribution >= 4 is 23.5 Å². The predicted octanol–water partition coefficient (Wildman–Crippen LogP) is 0.180. The molecule has 90 valence electrons. The number of anilines is 2. The number of methoxy groups -OCH3 is 2. The second-order valence-corrected chi connectivity index (χ2v) is 3.32. The van der Waals surface area contributed by atoms with Gasteiger partial charge in [-0.25, -0.2) is 0 Å². The molecule has 1 aromatic heterocycles. The Labute approximate surface area is 98.3 Å². The minimum Gasteiger partial charge on any atom is -0.382 e. The number of halogens is 1. The van der Waals surface area contributed by atoms with Crippen LogP contribution in [0.4, 0.5) is 11.9 Å². The van der Waals surface area contributed by atoms with Gasteiger partial charge in [-0.2, -0.15) is 15.0 Å². The summed E-state index contributed by atoms with van der Waals surface area (Å²) in [6.07, 6.45) is -0.0956. The number of ether oxygens (including phenoxy) is 2. The van der Waals surface area contributed by atoms with Gasteiger partial charge in [0.25, 0.3) is 0 Å². The van der Waals surface area contributed by atoms with Crippen LogP contribution in [0.1, 0.15) is 0 Å². The van der Waals surface area contributed by atoms with E-state index in [4.69, 9.17) is 26.8 Å². The predicted molar refractivity (Wildman–Crippen MR) is 60.4 cm³/mol. The van der Waals surface area contributed by atoms with Crippen molar-refractivity contribution in [1.29, 1.82) is 0 Å². The summed E-state index contributed by atoms with van der Waals surface area (Å²) in [5.41, 5.74) is 5.41. The van der Waals surface area contributed by atoms with E-state index in [2.05, 4.69) is 20.3 Å². The van der Waals surface area contributed by atoms with E-state index in [1.54, 1.807) is 14.2 Å². The highest BCUT2D eigenvalue weighted by Crippen LogP contribution is 2.06. The quantitative estimate of drug-likeness (QED) is 0.740. The molecule has 1 heterocycles. The summed E-state index contributed by atoms with van der Waals surface area (Å²) in [7, 11) is 3.20. The number of nitrogens with zero attached hydrogens (tertiary/aromatic N) is 3. The molecule has 0 aliphatic heterocycles. The molecule has 7 nitrogen and oxygen atoms in total. The first-order valence-electron chi connectivity index (χ1n) is 4.58. The van der Waals surface area contributed by atoms with Crippen molar-refractivity contribution in [3.63, 3.8) is 0 Å². The van der Waals surface area contributed by atoms with Crippen LogP contribution in [0.25, 0.3) is 0 Å². The van der Waals surface area contributed by atoms with Crippen molar-refractivity contribution in [3.05, 3.63) is 5.28 Å². The Morgan fingerprint density at radius 2 is 2.12 bits per heavy atom. The summed E-state index contributed by atoms with van der Waals surface area (Å²) in [5, 5.41) is 2.98. The molecule has 0 saturated heterocycles. The van der Waals surface area contributed by atoms with Gasteiger partial charge in [-0.3, -0.25) is 0 Å². The van der Waals surface area contributed by atoms with E-state index in [1.165, 1.54) is 0 Å². The normalized spacial score (nSPS) is 12.4. The minimum absolute atomic E-state index is 0.0516. The van der Waals surface area contributed by atoms with E-state index < -0.39 is 0 Å². The number of hydrogen-bond donors (Lipinski definition) is 2. The van der Waals surface area contributed by atoms with E-state index in [1.807, 2.05) is 0 Å². The van der Waals surface area contributed by atoms with Crippen LogP contribution in [-0.4, -0.2) is 48.4 Å². The first-order chi connectivity index (χ1) is 7.65. The summed E-state index contributed by atoms with van der Waals surface area (Å²) >= 11 is 5.62. The number of rotatable bonds is 6. The first-order valence-corrected chi connectivity index (χ1v) is 4.96. The van der Waals surface area contributed by atoms with Gasteiger partial charge in [-0.05, 0) is 11.6 Å². The Morgan fingerprint density at radius 3 is 2.69 bits per heavy atom. The van der Waals surface area contributed by atoms with Gasteiger partial charge in [-0.1, -0.05) is 0 Å². The maximum Gasteiger partial charge on any atom is 0.228 e. The van der Waals surface area contributed by atoms with Crippen molar-refractivity contribution in [2.75, 3.05) is 38.4 Å². The molecule has 0 radical (unpaired) electrons. The molecule has 0 spiro atoms. The minimum atomic E-state index is -0.0956. The molecule has 0 amide bonds. The number of aromatic nitrogens is 3. The fourth-order valence-electron chi connectivity index (χ4n) is 1.05. The lowest BCUT2D eigenvalue weighted by atomic mass is 10.4. The fourth-order valence-corrected chi connectivity index (χ4v) is 1.21. The maximum atomic E-state index is 5.62. The zero-order valence-corrected chi connectivity index (χ0v) is 9.86. The largest absolute Gasteiger partial charge is 0.382 e. The molecule has 1 atom stereocenters. The van der Waals surface area contributed by atoms with Gasteiger partial charge in [-0.15, -0.1) is 0 Å². The zero-order chi connectivity index (χ0) is 12.0. The van der Waals surface area contributed by atoms with E-state index in [9.17, 15) is 0 Å². The molecule has 0 saturated carbocycles. The summed E-state index contributed by atoms with van der Waals surface area (Å²) < 4.78 is 10.1. The van der Waals surface area contributed by atoms with Crippen LogP contribution in [-0.2, 0) is 9.47 Å². The van der Waals surface area contributed by atoms with Crippen LogP contribution in [0.2, 0.25) is 5.28 Å². The zero-order valence-electron chi connectivity index (χ0n) is 9.11. The van der Waals surface area contributed by atoms with Crippen LogP contribution in [0, 0.1) is 0 Å². The van der Waals surface area contributed by atoms with Crippen molar-refractivity contribution in [1.82, 2.24) is 15.0 Å². The Bertz CT molecular complexity index is 318. The fraction of sp³-hybridized carbons (Fsp3) is 0.625. The molecule has 0 bridgehead atoms. The number of nitrogens with two attached hydrogens (primary N) is 1. The number of nitrogens with one attached hydrogen (secondary N) is 1. The van der Waals surface area contributed by atoms with Crippen molar-refractivity contribution in [2.45, 2.75) is 6.10 Å². The number of hydrogen-bond acceptors (Lipinski definition) is 7. The second-order valence-electron chi connectivity index (χ2n) is 2.98. The molecule has 1 rings (SSSR count). The monoisotopic (exact) mass is 247 g/mol. The summed E-state index contributed by atoms with van der Waals surface area (Å²) in [5.74, 6) is 0.388. The lowest BCUT2D eigenvalue weighted by molar-refractivity contribution is 0.0365. The lowest BCUT2D eigenvalue weighted by Crippen LogP contribution is -2.27. The molecule has 16 heavy (non-hydrogen) atoms. The van der Waals surface area contributed by atoms with Gasteiger partial charge in [0, 0.05) is 20.8 Å². The van der Waals surface area contributed by atoms with Gasteiger partial charge in [0.05, 0.1) is 12.7 Å². The molecule has 0 aromatic carbocycles. The van der Waals surface area contributed by atoms with Crippen LogP contribution >= 0.6 is 11.6 Å². The topological polar surface area (TPSA) is 95.2 Å². The van der Waals surface area contributed by atoms with E-state index in [-0.39, 0.29) is 17.3 Å². The molecule has 1 aromatic rings. The Balaban J connectivity index is 2.52. The van der Waals surface area contributed by atoms with Crippen molar-refractivity contribution in [2.24, 2.45) is 0 Å². The molecule has 0 aliphatic rings. The third kappa shape index (κ3) is 4.13. The van der Waals surface area contributed by atoms with Crippen LogP contribution in [0.3, 0.4) is 0 Å². The van der Waals surface area contributed by atoms with Crippen molar-refractivity contribution in [3.8, 4) is 0 Å². The van der Waals surface area contributed by atoms with Crippen LogP contribution in [0.5, 0.6) is 0 Å².